The van der Waals surface area contributed by atoms with Gasteiger partial charge in [0, 0.05) is 22.7 Å². The van der Waals surface area contributed by atoms with E-state index < -0.39 is 11.5 Å². The number of H-pyrrole nitrogens is 1. The average Bonchev–Trinajstić information content (AvgIpc) is 2.53. The smallest absolute Gasteiger partial charge is 0.261 e. The molecule has 7 heteroatoms. The third-order valence-corrected chi connectivity index (χ3v) is 4.61. The van der Waals surface area contributed by atoms with Gasteiger partial charge in [-0.1, -0.05) is 25.4 Å². The maximum Gasteiger partial charge on any atom is 0.261 e. The molecule has 1 aromatic heterocycles. The van der Waals surface area contributed by atoms with Crippen molar-refractivity contribution in [1.82, 2.24) is 4.98 Å². The van der Waals surface area contributed by atoms with Crippen LogP contribution in [0.1, 0.15) is 46.7 Å². The summed E-state index contributed by atoms with van der Waals surface area (Å²) in [5.74, 6) is -0.302. The van der Waals surface area contributed by atoms with E-state index in [4.69, 9.17) is 16.3 Å². The highest BCUT2D eigenvalue weighted by Crippen LogP contribution is 2.33. The van der Waals surface area contributed by atoms with Gasteiger partial charge in [-0.15, -0.1) is 0 Å². The summed E-state index contributed by atoms with van der Waals surface area (Å²) in [6.07, 6.45) is 0.947. The van der Waals surface area contributed by atoms with E-state index in [0.29, 0.717) is 40.6 Å². The molecule has 1 aliphatic carbocycles. The summed E-state index contributed by atoms with van der Waals surface area (Å²) >= 11 is 5.96. The fourth-order valence-electron chi connectivity index (χ4n) is 3.16. The molecule has 0 saturated carbocycles. The Morgan fingerprint density at radius 3 is 2.65 bits per heavy atom. The van der Waals surface area contributed by atoms with Crippen molar-refractivity contribution in [3.63, 3.8) is 0 Å². The first kappa shape index (κ1) is 18.2. The molecular weight excluding hydrogens is 356 g/mol. The third-order valence-electron chi connectivity index (χ3n) is 4.37. The maximum absolute atomic E-state index is 12.6. The third kappa shape index (κ3) is 3.51. The number of aromatic nitrogens is 1. The van der Waals surface area contributed by atoms with E-state index in [0.717, 1.165) is 0 Å². The molecular formula is C19H19ClN2O4. The van der Waals surface area contributed by atoms with Crippen LogP contribution in [0.15, 0.2) is 29.1 Å². The van der Waals surface area contributed by atoms with E-state index in [1.165, 1.54) is 19.2 Å². The number of anilines is 1. The van der Waals surface area contributed by atoms with E-state index in [-0.39, 0.29) is 16.8 Å². The van der Waals surface area contributed by atoms with Gasteiger partial charge >= 0.3 is 0 Å². The Kier molecular flexibility index (Phi) is 4.63. The molecule has 6 nitrogen and oxygen atoms in total. The largest absolute Gasteiger partial charge is 0.495 e. The van der Waals surface area contributed by atoms with E-state index in [9.17, 15) is 14.4 Å². The topological polar surface area (TPSA) is 88.3 Å². The maximum atomic E-state index is 12.6. The average molecular weight is 375 g/mol. The lowest BCUT2D eigenvalue weighted by molar-refractivity contribution is 0.0910. The number of fused-ring (bicyclic) bond motifs is 1. The predicted octanol–water partition coefficient (Wildman–Crippen LogP) is 3.44. The van der Waals surface area contributed by atoms with E-state index in [1.807, 2.05) is 13.8 Å². The first-order chi connectivity index (χ1) is 12.2. The van der Waals surface area contributed by atoms with Gasteiger partial charge in [0.05, 0.1) is 12.8 Å². The molecule has 0 radical (unpaired) electrons. The number of carbonyl (C=O) groups is 2. The number of benzene rings is 1. The SMILES string of the molecule is COc1ccc(Cl)cc1NC(=O)c1cc2c([nH]c1=O)CC(C)(C)CC2=O. The highest BCUT2D eigenvalue weighted by Gasteiger charge is 2.32. The summed E-state index contributed by atoms with van der Waals surface area (Å²) in [5.41, 5.74) is 0.437. The van der Waals surface area contributed by atoms with Gasteiger partial charge < -0.3 is 15.0 Å². The number of amides is 1. The van der Waals surface area contributed by atoms with Gasteiger partial charge in [0.15, 0.2) is 5.78 Å². The molecule has 0 bridgehead atoms. The molecule has 1 aliphatic rings. The fraction of sp³-hybridized carbons (Fsp3) is 0.316. The number of halogens is 1. The molecule has 0 spiro atoms. The van der Waals surface area contributed by atoms with Crippen molar-refractivity contribution in [3.8, 4) is 5.75 Å². The molecule has 0 unspecified atom stereocenters. The molecule has 0 aliphatic heterocycles. The molecule has 26 heavy (non-hydrogen) atoms. The second-order valence-corrected chi connectivity index (χ2v) is 7.58. The van der Waals surface area contributed by atoms with Crippen LogP contribution in [0.3, 0.4) is 0 Å². The standard InChI is InChI=1S/C19H19ClN2O4/c1-19(2)8-14-11(15(23)9-19)7-12(18(25)22-14)17(24)21-13-6-10(20)4-5-16(13)26-3/h4-7H,8-9H2,1-3H3,(H,21,24)(H,22,25). The Labute approximate surface area is 155 Å². The zero-order valence-electron chi connectivity index (χ0n) is 14.7. The van der Waals surface area contributed by atoms with Gasteiger partial charge in [-0.25, -0.2) is 0 Å². The Balaban J connectivity index is 1.97. The molecule has 0 saturated heterocycles. The van der Waals surface area contributed by atoms with Crippen molar-refractivity contribution < 1.29 is 14.3 Å². The minimum atomic E-state index is -0.632. The number of nitrogens with one attached hydrogen (secondary N) is 2. The number of hydrogen-bond acceptors (Lipinski definition) is 4. The minimum Gasteiger partial charge on any atom is -0.495 e. The highest BCUT2D eigenvalue weighted by atomic mass is 35.5. The lowest BCUT2D eigenvalue weighted by atomic mass is 9.75. The zero-order chi connectivity index (χ0) is 19.1. The lowest BCUT2D eigenvalue weighted by Crippen LogP contribution is -2.32. The lowest BCUT2D eigenvalue weighted by Gasteiger charge is -2.29. The Bertz CT molecular complexity index is 962. The zero-order valence-corrected chi connectivity index (χ0v) is 15.5. The molecule has 0 fully saturated rings. The van der Waals surface area contributed by atoms with Crippen LogP contribution < -0.4 is 15.6 Å². The van der Waals surface area contributed by atoms with Gasteiger partial charge in [0.1, 0.15) is 11.3 Å². The molecule has 1 amide bonds. The molecule has 2 aromatic rings. The number of ketones is 1. The van der Waals surface area contributed by atoms with Crippen LogP contribution in [0.25, 0.3) is 0 Å². The summed E-state index contributed by atoms with van der Waals surface area (Å²) in [5, 5.41) is 3.03. The summed E-state index contributed by atoms with van der Waals surface area (Å²) in [4.78, 5) is 40.1. The number of aromatic amines is 1. The Morgan fingerprint density at radius 1 is 1.23 bits per heavy atom. The number of pyridine rings is 1. The van der Waals surface area contributed by atoms with Gasteiger partial charge in [-0.2, -0.15) is 0 Å². The molecule has 3 rings (SSSR count). The van der Waals surface area contributed by atoms with Gasteiger partial charge in [0.2, 0.25) is 0 Å². The molecule has 136 valence electrons. The van der Waals surface area contributed by atoms with E-state index in [2.05, 4.69) is 10.3 Å². The highest BCUT2D eigenvalue weighted by molar-refractivity contribution is 6.31. The number of ether oxygens (including phenoxy) is 1. The summed E-state index contributed by atoms with van der Waals surface area (Å²) in [6.45, 7) is 3.94. The quantitative estimate of drug-likeness (QED) is 0.861. The Morgan fingerprint density at radius 2 is 1.96 bits per heavy atom. The van der Waals surface area contributed by atoms with Gasteiger partial charge in [0.25, 0.3) is 11.5 Å². The number of carbonyl (C=O) groups excluding carboxylic acids is 2. The van der Waals surface area contributed by atoms with Crippen molar-refractivity contribution >= 4 is 29.0 Å². The van der Waals surface area contributed by atoms with Crippen molar-refractivity contribution in [2.24, 2.45) is 5.41 Å². The predicted molar refractivity (Wildman–Crippen MR) is 99.5 cm³/mol. The molecule has 1 heterocycles. The van der Waals surface area contributed by atoms with Crippen LogP contribution in [0.5, 0.6) is 5.75 Å². The first-order valence-corrected chi connectivity index (χ1v) is 8.52. The second-order valence-electron chi connectivity index (χ2n) is 7.14. The van der Waals surface area contributed by atoms with Crippen LogP contribution in [-0.2, 0) is 6.42 Å². The fourth-order valence-corrected chi connectivity index (χ4v) is 3.34. The second kappa shape index (κ2) is 6.61. The van der Waals surface area contributed by atoms with Crippen molar-refractivity contribution in [2.45, 2.75) is 26.7 Å². The summed E-state index contributed by atoms with van der Waals surface area (Å²) < 4.78 is 5.18. The summed E-state index contributed by atoms with van der Waals surface area (Å²) in [6, 6.07) is 6.14. The van der Waals surface area contributed by atoms with Crippen molar-refractivity contribution in [3.05, 3.63) is 56.5 Å². The number of methoxy groups -OCH3 is 1. The van der Waals surface area contributed by atoms with Crippen LogP contribution >= 0.6 is 11.6 Å². The first-order valence-electron chi connectivity index (χ1n) is 8.14. The van der Waals surface area contributed by atoms with Crippen LogP contribution in [-0.4, -0.2) is 23.8 Å². The molecule has 1 aromatic carbocycles. The minimum absolute atomic E-state index is 0.0816. The monoisotopic (exact) mass is 374 g/mol. The molecule has 0 atom stereocenters. The van der Waals surface area contributed by atoms with Crippen LogP contribution in [0, 0.1) is 5.41 Å². The molecule has 2 N–H and O–H groups in total. The number of Topliss-reactive ketones (excluding diaryl/α,β-unsaturated/α-hetero) is 1. The van der Waals surface area contributed by atoms with Gasteiger partial charge in [-0.05, 0) is 36.1 Å². The van der Waals surface area contributed by atoms with E-state index in [1.54, 1.807) is 12.1 Å². The van der Waals surface area contributed by atoms with E-state index >= 15 is 0 Å². The number of hydrogen-bond donors (Lipinski definition) is 2. The van der Waals surface area contributed by atoms with Gasteiger partial charge in [-0.3, -0.25) is 14.4 Å². The van der Waals surface area contributed by atoms with Crippen LogP contribution in [0.4, 0.5) is 5.69 Å². The van der Waals surface area contributed by atoms with Crippen LogP contribution in [0.2, 0.25) is 5.02 Å². The number of rotatable bonds is 3. The normalized spacial score (nSPS) is 15.3. The van der Waals surface area contributed by atoms with Crippen molar-refractivity contribution in [2.75, 3.05) is 12.4 Å². The Hall–Kier alpha value is -2.60. The summed E-state index contributed by atoms with van der Waals surface area (Å²) in [7, 11) is 1.46. The van der Waals surface area contributed by atoms with Crippen molar-refractivity contribution in [1.29, 1.82) is 0 Å².